The predicted molar refractivity (Wildman–Crippen MR) is 81.8 cm³/mol. The van der Waals surface area contributed by atoms with E-state index in [9.17, 15) is 13.2 Å². The van der Waals surface area contributed by atoms with Gasteiger partial charge < -0.3 is 9.32 Å². The van der Waals surface area contributed by atoms with Crippen molar-refractivity contribution in [2.24, 2.45) is 5.92 Å². The first-order valence-corrected chi connectivity index (χ1v) is 8.66. The number of likely N-dealkylation sites (tertiary alicyclic amines) is 1. The van der Waals surface area contributed by atoms with Crippen LogP contribution >= 0.6 is 0 Å². The fraction of sp³-hybridized carbons (Fsp3) is 0.333. The standard InChI is InChI=1S/C15H17N3O4S/c1-18-13(19)9-12(15(18)11-4-6-16-7-5-11)10-17-23(20,21)14-3-2-8-22-14/h2-8,12,15,17H,9-10H2,1H3/t12-,15-/m0/s1. The topological polar surface area (TPSA) is 92.5 Å². The number of aromatic nitrogens is 1. The number of sulfonamides is 1. The van der Waals surface area contributed by atoms with Crippen molar-refractivity contribution in [2.45, 2.75) is 17.6 Å². The molecule has 2 aromatic rings. The molecular weight excluding hydrogens is 318 g/mol. The summed E-state index contributed by atoms with van der Waals surface area (Å²) >= 11 is 0. The van der Waals surface area contributed by atoms with Crippen molar-refractivity contribution in [3.63, 3.8) is 0 Å². The Morgan fingerprint density at radius 3 is 2.74 bits per heavy atom. The van der Waals surface area contributed by atoms with Crippen molar-refractivity contribution >= 4 is 15.9 Å². The molecule has 0 saturated carbocycles. The Bertz CT molecular complexity index is 774. The van der Waals surface area contributed by atoms with Gasteiger partial charge in [-0.3, -0.25) is 9.78 Å². The van der Waals surface area contributed by atoms with Crippen LogP contribution in [0.2, 0.25) is 0 Å². The van der Waals surface area contributed by atoms with Gasteiger partial charge in [0.1, 0.15) is 0 Å². The molecule has 0 aromatic carbocycles. The molecule has 1 fully saturated rings. The van der Waals surface area contributed by atoms with Gasteiger partial charge in [0.05, 0.1) is 12.3 Å². The predicted octanol–water partition coefficient (Wildman–Crippen LogP) is 1.17. The van der Waals surface area contributed by atoms with E-state index in [-0.39, 0.29) is 29.5 Å². The lowest BCUT2D eigenvalue weighted by molar-refractivity contribution is -0.127. The second-order valence-corrected chi connectivity index (χ2v) is 7.18. The summed E-state index contributed by atoms with van der Waals surface area (Å²) in [6, 6.07) is 6.40. The van der Waals surface area contributed by atoms with Crippen molar-refractivity contribution in [1.82, 2.24) is 14.6 Å². The van der Waals surface area contributed by atoms with E-state index >= 15 is 0 Å². The minimum atomic E-state index is -3.70. The molecule has 1 aliphatic rings. The lowest BCUT2D eigenvalue weighted by Crippen LogP contribution is -2.32. The van der Waals surface area contributed by atoms with Crippen LogP contribution in [0.5, 0.6) is 0 Å². The van der Waals surface area contributed by atoms with Gasteiger partial charge in [-0.2, -0.15) is 0 Å². The molecule has 122 valence electrons. The molecule has 23 heavy (non-hydrogen) atoms. The van der Waals surface area contributed by atoms with E-state index in [2.05, 4.69) is 9.71 Å². The quantitative estimate of drug-likeness (QED) is 0.885. The minimum absolute atomic E-state index is 0.00555. The summed E-state index contributed by atoms with van der Waals surface area (Å²) in [5.74, 6) is -0.159. The van der Waals surface area contributed by atoms with E-state index < -0.39 is 10.0 Å². The molecule has 7 nitrogen and oxygen atoms in total. The van der Waals surface area contributed by atoms with Gasteiger partial charge in [-0.15, -0.1) is 0 Å². The van der Waals surface area contributed by atoms with Crippen molar-refractivity contribution in [2.75, 3.05) is 13.6 Å². The maximum atomic E-state index is 12.1. The molecule has 1 aliphatic heterocycles. The van der Waals surface area contributed by atoms with Gasteiger partial charge in [0.2, 0.25) is 11.0 Å². The van der Waals surface area contributed by atoms with Crippen LogP contribution in [-0.2, 0) is 14.8 Å². The Labute approximate surface area is 134 Å². The van der Waals surface area contributed by atoms with Crippen LogP contribution in [0.3, 0.4) is 0 Å². The van der Waals surface area contributed by atoms with Crippen LogP contribution in [0.1, 0.15) is 18.0 Å². The Balaban J connectivity index is 1.77. The molecule has 3 heterocycles. The van der Waals surface area contributed by atoms with Gasteiger partial charge in [0.25, 0.3) is 10.0 Å². The third kappa shape index (κ3) is 3.13. The number of furan rings is 1. The summed E-state index contributed by atoms with van der Waals surface area (Å²) in [5, 5.41) is -0.129. The molecule has 1 N–H and O–H groups in total. The first-order valence-electron chi connectivity index (χ1n) is 7.18. The van der Waals surface area contributed by atoms with Crippen LogP contribution in [0.15, 0.2) is 52.4 Å². The van der Waals surface area contributed by atoms with Crippen molar-refractivity contribution in [3.8, 4) is 0 Å². The molecular formula is C15H17N3O4S. The third-order valence-corrected chi connectivity index (χ3v) is 5.35. The minimum Gasteiger partial charge on any atom is -0.452 e. The average Bonchev–Trinajstić information content (AvgIpc) is 3.16. The number of carbonyl (C=O) groups is 1. The van der Waals surface area contributed by atoms with E-state index in [1.807, 2.05) is 12.1 Å². The van der Waals surface area contributed by atoms with Gasteiger partial charge in [-0.1, -0.05) is 0 Å². The molecule has 1 saturated heterocycles. The highest BCUT2D eigenvalue weighted by Crippen LogP contribution is 2.36. The van der Waals surface area contributed by atoms with E-state index in [1.165, 1.54) is 18.4 Å². The Morgan fingerprint density at radius 1 is 1.35 bits per heavy atom. The highest BCUT2D eigenvalue weighted by Gasteiger charge is 2.39. The maximum Gasteiger partial charge on any atom is 0.273 e. The summed E-state index contributed by atoms with van der Waals surface area (Å²) in [6.07, 6.45) is 4.93. The van der Waals surface area contributed by atoms with Crippen LogP contribution in [0, 0.1) is 5.92 Å². The second kappa shape index (κ2) is 6.13. The zero-order valence-corrected chi connectivity index (χ0v) is 13.4. The molecule has 0 unspecified atom stereocenters. The largest absolute Gasteiger partial charge is 0.452 e. The van der Waals surface area contributed by atoms with E-state index in [0.29, 0.717) is 6.42 Å². The summed E-state index contributed by atoms with van der Waals surface area (Å²) in [6.45, 7) is 0.159. The van der Waals surface area contributed by atoms with Crippen molar-refractivity contribution in [1.29, 1.82) is 0 Å². The van der Waals surface area contributed by atoms with Crippen LogP contribution < -0.4 is 4.72 Å². The number of nitrogens with zero attached hydrogens (tertiary/aromatic N) is 2. The number of amides is 1. The second-order valence-electron chi connectivity index (χ2n) is 5.48. The van der Waals surface area contributed by atoms with Crippen LogP contribution in [0.4, 0.5) is 0 Å². The van der Waals surface area contributed by atoms with Gasteiger partial charge in [0.15, 0.2) is 0 Å². The molecule has 8 heteroatoms. The molecule has 0 radical (unpaired) electrons. The Hall–Kier alpha value is -2.19. The summed E-state index contributed by atoms with van der Waals surface area (Å²) in [4.78, 5) is 17.7. The van der Waals surface area contributed by atoms with E-state index in [0.717, 1.165) is 5.56 Å². The first kappa shape index (κ1) is 15.7. The molecule has 1 amide bonds. The highest BCUT2D eigenvalue weighted by atomic mass is 32.2. The smallest absolute Gasteiger partial charge is 0.273 e. The number of nitrogens with one attached hydrogen (secondary N) is 1. The molecule has 0 bridgehead atoms. The molecule has 0 aliphatic carbocycles. The summed E-state index contributed by atoms with van der Waals surface area (Å²) in [5.41, 5.74) is 0.940. The number of pyridine rings is 1. The van der Waals surface area contributed by atoms with E-state index in [1.54, 1.807) is 24.3 Å². The molecule has 2 aromatic heterocycles. The highest BCUT2D eigenvalue weighted by molar-refractivity contribution is 7.89. The van der Waals surface area contributed by atoms with Crippen LogP contribution in [0.25, 0.3) is 0 Å². The zero-order valence-electron chi connectivity index (χ0n) is 12.5. The van der Waals surface area contributed by atoms with E-state index in [4.69, 9.17) is 4.42 Å². The van der Waals surface area contributed by atoms with Gasteiger partial charge in [0, 0.05) is 38.3 Å². The van der Waals surface area contributed by atoms with Crippen LogP contribution in [-0.4, -0.2) is 37.8 Å². The normalized spacial score (nSPS) is 21.8. The fourth-order valence-corrected chi connectivity index (χ4v) is 3.91. The molecule has 3 rings (SSSR count). The first-order chi connectivity index (χ1) is 11.0. The maximum absolute atomic E-state index is 12.1. The Morgan fingerprint density at radius 2 is 2.09 bits per heavy atom. The van der Waals surface area contributed by atoms with Gasteiger partial charge >= 0.3 is 0 Å². The van der Waals surface area contributed by atoms with Gasteiger partial charge in [-0.05, 0) is 29.8 Å². The van der Waals surface area contributed by atoms with Crippen molar-refractivity contribution < 1.29 is 17.6 Å². The zero-order chi connectivity index (χ0) is 16.4. The Kier molecular flexibility index (Phi) is 4.18. The monoisotopic (exact) mass is 335 g/mol. The number of hydrogen-bond donors (Lipinski definition) is 1. The molecule has 0 spiro atoms. The number of hydrogen-bond acceptors (Lipinski definition) is 5. The number of rotatable bonds is 5. The third-order valence-electron chi connectivity index (χ3n) is 4.04. The lowest BCUT2D eigenvalue weighted by Gasteiger charge is -2.25. The van der Waals surface area contributed by atoms with Gasteiger partial charge in [-0.25, -0.2) is 13.1 Å². The fourth-order valence-electron chi connectivity index (χ4n) is 2.90. The lowest BCUT2D eigenvalue weighted by atomic mass is 9.95. The molecule has 2 atom stereocenters. The average molecular weight is 335 g/mol. The van der Waals surface area contributed by atoms with Crippen molar-refractivity contribution in [3.05, 3.63) is 48.5 Å². The summed E-state index contributed by atoms with van der Waals surface area (Å²) < 4.78 is 31.7. The number of carbonyl (C=O) groups excluding carboxylic acids is 1. The summed E-state index contributed by atoms with van der Waals surface area (Å²) in [7, 11) is -1.97. The SMILES string of the molecule is CN1C(=O)C[C@@H](CNS(=O)(=O)c2ccco2)[C@@H]1c1ccncc1.